The van der Waals surface area contributed by atoms with Crippen molar-refractivity contribution >= 4 is 0 Å². The Balaban J connectivity index is 1.88. The molecule has 2 N–H and O–H groups in total. The molecule has 0 amide bonds. The summed E-state index contributed by atoms with van der Waals surface area (Å²) in [6.07, 6.45) is 3.04. The molecule has 2 heterocycles. The van der Waals surface area contributed by atoms with E-state index in [2.05, 4.69) is 15.2 Å². The quantitative estimate of drug-likeness (QED) is 0.733. The van der Waals surface area contributed by atoms with Crippen molar-refractivity contribution in [1.29, 1.82) is 0 Å². The molecule has 0 spiro atoms. The molecule has 0 aromatic carbocycles. The molecule has 1 unspecified atom stereocenters. The third-order valence-corrected chi connectivity index (χ3v) is 2.73. The Kier molecular flexibility index (Phi) is 3.66. The fourth-order valence-electron chi connectivity index (χ4n) is 1.83. The number of hydrogen-bond acceptors (Lipinski definition) is 4. The molecule has 0 bridgehead atoms. The molecule has 0 radical (unpaired) electrons. The molecule has 1 aliphatic rings. The van der Waals surface area contributed by atoms with Crippen molar-refractivity contribution in [2.45, 2.75) is 6.10 Å². The molecule has 0 saturated carbocycles. The zero-order valence-corrected chi connectivity index (χ0v) is 8.76. The number of β-amino-alcohol motifs (C(OH)–C–C–N with tert-alkyl or cyclic N) is 1. The standard InChI is InChI=1S/C11H17N3O/c15-11(10-1-3-12-4-2-10)9-14-7-5-13-6-8-14/h1-4,11,13,15H,5-9H2. The summed E-state index contributed by atoms with van der Waals surface area (Å²) in [5, 5.41) is 13.3. The Morgan fingerprint density at radius 2 is 2.00 bits per heavy atom. The van der Waals surface area contributed by atoms with Gasteiger partial charge >= 0.3 is 0 Å². The van der Waals surface area contributed by atoms with Crippen LogP contribution in [0.4, 0.5) is 0 Å². The molecule has 1 aliphatic heterocycles. The highest BCUT2D eigenvalue weighted by atomic mass is 16.3. The molecule has 0 aliphatic carbocycles. The second-order valence-electron chi connectivity index (χ2n) is 3.85. The molecule has 1 fully saturated rings. The van der Waals surface area contributed by atoms with E-state index in [1.807, 2.05) is 12.1 Å². The van der Waals surface area contributed by atoms with E-state index in [-0.39, 0.29) is 0 Å². The molecule has 2 rings (SSSR count). The summed E-state index contributed by atoms with van der Waals surface area (Å²) in [6, 6.07) is 3.74. The number of aliphatic hydroxyl groups is 1. The maximum absolute atomic E-state index is 9.98. The minimum Gasteiger partial charge on any atom is -0.387 e. The monoisotopic (exact) mass is 207 g/mol. The minimum atomic E-state index is -0.397. The number of piperazine rings is 1. The van der Waals surface area contributed by atoms with Gasteiger partial charge in [0.15, 0.2) is 0 Å². The molecular weight excluding hydrogens is 190 g/mol. The number of rotatable bonds is 3. The van der Waals surface area contributed by atoms with E-state index in [4.69, 9.17) is 0 Å². The first-order chi connectivity index (χ1) is 7.36. The van der Waals surface area contributed by atoms with E-state index in [1.54, 1.807) is 12.4 Å². The third-order valence-electron chi connectivity index (χ3n) is 2.73. The van der Waals surface area contributed by atoms with Crippen LogP contribution in [-0.4, -0.2) is 47.7 Å². The van der Waals surface area contributed by atoms with Crippen LogP contribution in [0.2, 0.25) is 0 Å². The van der Waals surface area contributed by atoms with Gasteiger partial charge in [0.05, 0.1) is 6.10 Å². The van der Waals surface area contributed by atoms with Crippen LogP contribution in [-0.2, 0) is 0 Å². The molecule has 1 atom stereocenters. The molecule has 1 saturated heterocycles. The fraction of sp³-hybridized carbons (Fsp3) is 0.545. The average molecular weight is 207 g/mol. The van der Waals surface area contributed by atoms with Crippen LogP contribution in [0.3, 0.4) is 0 Å². The Bertz CT molecular complexity index is 285. The predicted molar refractivity (Wildman–Crippen MR) is 58.5 cm³/mol. The van der Waals surface area contributed by atoms with E-state index in [9.17, 15) is 5.11 Å². The average Bonchev–Trinajstić information content (AvgIpc) is 2.31. The van der Waals surface area contributed by atoms with Gasteiger partial charge < -0.3 is 10.4 Å². The lowest BCUT2D eigenvalue weighted by Crippen LogP contribution is -2.44. The Morgan fingerprint density at radius 1 is 1.33 bits per heavy atom. The van der Waals surface area contributed by atoms with Gasteiger partial charge in [0.2, 0.25) is 0 Å². The zero-order chi connectivity index (χ0) is 10.5. The maximum Gasteiger partial charge on any atom is 0.0918 e. The van der Waals surface area contributed by atoms with Crippen LogP contribution in [0.1, 0.15) is 11.7 Å². The Labute approximate surface area is 89.9 Å². The van der Waals surface area contributed by atoms with Gasteiger partial charge in [-0.25, -0.2) is 0 Å². The van der Waals surface area contributed by atoms with Gasteiger partial charge in [0.25, 0.3) is 0 Å². The number of aromatic nitrogens is 1. The summed E-state index contributed by atoms with van der Waals surface area (Å²) in [4.78, 5) is 6.22. The maximum atomic E-state index is 9.98. The number of nitrogens with one attached hydrogen (secondary N) is 1. The highest BCUT2D eigenvalue weighted by Gasteiger charge is 2.15. The lowest BCUT2D eigenvalue weighted by Gasteiger charge is -2.29. The molecule has 4 heteroatoms. The highest BCUT2D eigenvalue weighted by Crippen LogP contribution is 2.12. The Hall–Kier alpha value is -0.970. The summed E-state index contributed by atoms with van der Waals surface area (Å²) in [5.74, 6) is 0. The summed E-state index contributed by atoms with van der Waals surface area (Å²) in [5.41, 5.74) is 0.948. The van der Waals surface area contributed by atoms with E-state index in [1.165, 1.54) is 0 Å². The molecular formula is C11H17N3O. The first-order valence-corrected chi connectivity index (χ1v) is 5.37. The first kappa shape index (κ1) is 10.5. The van der Waals surface area contributed by atoms with E-state index in [0.717, 1.165) is 31.7 Å². The largest absolute Gasteiger partial charge is 0.387 e. The van der Waals surface area contributed by atoms with Gasteiger partial charge in [-0.2, -0.15) is 0 Å². The lowest BCUT2D eigenvalue weighted by molar-refractivity contribution is 0.105. The van der Waals surface area contributed by atoms with Crippen LogP contribution >= 0.6 is 0 Å². The van der Waals surface area contributed by atoms with Crippen molar-refractivity contribution in [1.82, 2.24) is 15.2 Å². The zero-order valence-electron chi connectivity index (χ0n) is 8.76. The Morgan fingerprint density at radius 3 is 2.67 bits per heavy atom. The summed E-state index contributed by atoms with van der Waals surface area (Å²) in [6.45, 7) is 4.78. The molecule has 1 aromatic heterocycles. The second-order valence-corrected chi connectivity index (χ2v) is 3.85. The number of aliphatic hydroxyl groups excluding tert-OH is 1. The third kappa shape index (κ3) is 2.99. The van der Waals surface area contributed by atoms with Crippen LogP contribution in [0.25, 0.3) is 0 Å². The van der Waals surface area contributed by atoms with Crippen LogP contribution in [0.5, 0.6) is 0 Å². The normalized spacial score (nSPS) is 20.1. The van der Waals surface area contributed by atoms with Crippen molar-refractivity contribution in [2.75, 3.05) is 32.7 Å². The van der Waals surface area contributed by atoms with Crippen LogP contribution in [0.15, 0.2) is 24.5 Å². The van der Waals surface area contributed by atoms with Gasteiger partial charge in [-0.05, 0) is 17.7 Å². The van der Waals surface area contributed by atoms with E-state index in [0.29, 0.717) is 6.54 Å². The van der Waals surface area contributed by atoms with Gasteiger partial charge in [-0.3, -0.25) is 9.88 Å². The SMILES string of the molecule is OC(CN1CCNCC1)c1ccncc1. The lowest BCUT2D eigenvalue weighted by atomic mass is 10.1. The topological polar surface area (TPSA) is 48.4 Å². The first-order valence-electron chi connectivity index (χ1n) is 5.37. The van der Waals surface area contributed by atoms with Gasteiger partial charge in [0.1, 0.15) is 0 Å². The smallest absolute Gasteiger partial charge is 0.0918 e. The minimum absolute atomic E-state index is 0.397. The van der Waals surface area contributed by atoms with Crippen molar-refractivity contribution in [3.63, 3.8) is 0 Å². The van der Waals surface area contributed by atoms with Crippen LogP contribution < -0.4 is 5.32 Å². The van der Waals surface area contributed by atoms with Crippen LogP contribution in [0, 0.1) is 0 Å². The fourth-order valence-corrected chi connectivity index (χ4v) is 1.83. The molecule has 1 aromatic rings. The molecule has 4 nitrogen and oxygen atoms in total. The molecule has 82 valence electrons. The predicted octanol–water partition coefficient (Wildman–Crippen LogP) is 0.0202. The van der Waals surface area contributed by atoms with E-state index >= 15 is 0 Å². The molecule has 15 heavy (non-hydrogen) atoms. The van der Waals surface area contributed by atoms with Crippen molar-refractivity contribution in [3.05, 3.63) is 30.1 Å². The summed E-state index contributed by atoms with van der Waals surface area (Å²) >= 11 is 0. The van der Waals surface area contributed by atoms with Gasteiger partial charge in [-0.1, -0.05) is 0 Å². The van der Waals surface area contributed by atoms with Crippen molar-refractivity contribution in [2.24, 2.45) is 0 Å². The number of hydrogen-bond donors (Lipinski definition) is 2. The van der Waals surface area contributed by atoms with Gasteiger partial charge in [0, 0.05) is 45.1 Å². The number of nitrogens with zero attached hydrogens (tertiary/aromatic N) is 2. The summed E-state index contributed by atoms with van der Waals surface area (Å²) < 4.78 is 0. The van der Waals surface area contributed by atoms with Crippen molar-refractivity contribution in [3.8, 4) is 0 Å². The highest BCUT2D eigenvalue weighted by molar-refractivity contribution is 5.13. The van der Waals surface area contributed by atoms with Gasteiger partial charge in [-0.15, -0.1) is 0 Å². The van der Waals surface area contributed by atoms with Crippen molar-refractivity contribution < 1.29 is 5.11 Å². The second kappa shape index (κ2) is 5.21. The summed E-state index contributed by atoms with van der Waals surface area (Å²) in [7, 11) is 0. The number of pyridine rings is 1. The van der Waals surface area contributed by atoms with E-state index < -0.39 is 6.10 Å².